The molecule has 5 rings (SSSR count). The second-order valence-electron chi connectivity index (χ2n) is 12.2. The molecule has 2 unspecified atom stereocenters. The SMILES string of the molecule is C=CCN(C(=O)C1N(CCCCCO)C(=O)[C@@H]2[C@@H](C(=O)N(CC=C)c3ccccc3)[C@@]3(CC)CCC12O3)c1ccc(OC)cc1. The molecule has 9 nitrogen and oxygen atoms in total. The molecule has 0 aromatic heterocycles. The van der Waals surface area contributed by atoms with Crippen LogP contribution in [0.3, 0.4) is 0 Å². The van der Waals surface area contributed by atoms with Crippen molar-refractivity contribution in [1.29, 1.82) is 0 Å². The molecule has 3 heterocycles. The van der Waals surface area contributed by atoms with Crippen molar-refractivity contribution in [1.82, 2.24) is 4.90 Å². The number of hydrogen-bond acceptors (Lipinski definition) is 6. The maximum Gasteiger partial charge on any atom is 0.253 e. The van der Waals surface area contributed by atoms with E-state index in [0.29, 0.717) is 56.5 Å². The van der Waals surface area contributed by atoms with E-state index < -0.39 is 29.1 Å². The monoisotopic (exact) mass is 615 g/mol. The molecule has 2 aromatic carbocycles. The first-order valence-electron chi connectivity index (χ1n) is 16.0. The molecule has 45 heavy (non-hydrogen) atoms. The Kier molecular flexibility index (Phi) is 9.79. The average molecular weight is 616 g/mol. The number of para-hydroxylation sites is 1. The number of hydrogen-bond donors (Lipinski definition) is 1. The third kappa shape index (κ3) is 5.57. The van der Waals surface area contributed by atoms with E-state index in [-0.39, 0.29) is 37.4 Å². The lowest BCUT2D eigenvalue weighted by atomic mass is 9.64. The van der Waals surface area contributed by atoms with Crippen LogP contribution in [0.5, 0.6) is 5.75 Å². The Balaban J connectivity index is 1.59. The molecule has 9 heteroatoms. The highest BCUT2D eigenvalue weighted by atomic mass is 16.5. The minimum atomic E-state index is -1.15. The lowest BCUT2D eigenvalue weighted by Crippen LogP contribution is -2.56. The Bertz CT molecular complexity index is 1400. The number of benzene rings is 2. The van der Waals surface area contributed by atoms with Crippen LogP contribution in [-0.2, 0) is 19.1 Å². The summed E-state index contributed by atoms with van der Waals surface area (Å²) in [5, 5.41) is 9.37. The van der Waals surface area contributed by atoms with Crippen molar-refractivity contribution in [3.05, 3.63) is 79.9 Å². The molecule has 0 saturated carbocycles. The fraction of sp³-hybridized carbons (Fsp3) is 0.472. The zero-order valence-corrected chi connectivity index (χ0v) is 26.4. The van der Waals surface area contributed by atoms with Crippen LogP contribution in [0.2, 0.25) is 0 Å². The molecule has 3 fully saturated rings. The first-order valence-corrected chi connectivity index (χ1v) is 16.0. The van der Waals surface area contributed by atoms with E-state index in [0.717, 1.165) is 5.69 Å². The highest BCUT2D eigenvalue weighted by molar-refractivity contribution is 6.06. The number of methoxy groups -OCH3 is 1. The summed E-state index contributed by atoms with van der Waals surface area (Å²) in [6, 6.07) is 15.7. The molecule has 240 valence electrons. The van der Waals surface area contributed by atoms with Gasteiger partial charge in [0.15, 0.2) is 0 Å². The highest BCUT2D eigenvalue weighted by Crippen LogP contribution is 2.64. The first-order chi connectivity index (χ1) is 21.8. The van der Waals surface area contributed by atoms with Crippen LogP contribution in [0.25, 0.3) is 0 Å². The third-order valence-corrected chi connectivity index (χ3v) is 9.85. The van der Waals surface area contributed by atoms with Crippen LogP contribution in [0.15, 0.2) is 79.9 Å². The molecule has 2 bridgehead atoms. The Labute approximate surface area is 266 Å². The molecule has 0 radical (unpaired) electrons. The first kappa shape index (κ1) is 32.4. The van der Waals surface area contributed by atoms with Crippen LogP contribution >= 0.6 is 0 Å². The van der Waals surface area contributed by atoms with Crippen molar-refractivity contribution < 1.29 is 29.0 Å². The van der Waals surface area contributed by atoms with Crippen molar-refractivity contribution >= 4 is 29.1 Å². The molecule has 5 atom stereocenters. The summed E-state index contributed by atoms with van der Waals surface area (Å²) in [6.07, 6.45) is 6.90. The van der Waals surface area contributed by atoms with Gasteiger partial charge in [0.25, 0.3) is 5.91 Å². The van der Waals surface area contributed by atoms with Gasteiger partial charge in [0.05, 0.1) is 24.5 Å². The lowest BCUT2D eigenvalue weighted by molar-refractivity contribution is -0.146. The van der Waals surface area contributed by atoms with Crippen LogP contribution < -0.4 is 14.5 Å². The molecule has 3 aliphatic heterocycles. The van der Waals surface area contributed by atoms with Gasteiger partial charge in [0, 0.05) is 37.6 Å². The van der Waals surface area contributed by atoms with Crippen molar-refractivity contribution in [3.8, 4) is 5.75 Å². The maximum atomic E-state index is 14.8. The number of amides is 3. The number of unbranched alkanes of at least 4 members (excludes halogenated alkanes) is 2. The molecule has 2 aromatic rings. The average Bonchev–Trinajstić information content (AvgIpc) is 3.67. The summed E-state index contributed by atoms with van der Waals surface area (Å²) < 4.78 is 12.3. The van der Waals surface area contributed by atoms with Crippen LogP contribution in [0, 0.1) is 11.8 Å². The van der Waals surface area contributed by atoms with Crippen molar-refractivity contribution in [3.63, 3.8) is 0 Å². The van der Waals surface area contributed by atoms with E-state index in [9.17, 15) is 19.5 Å². The molecule has 0 aliphatic carbocycles. The number of aliphatic hydroxyl groups is 1. The van der Waals surface area contributed by atoms with E-state index in [1.807, 2.05) is 49.4 Å². The summed E-state index contributed by atoms with van der Waals surface area (Å²) in [4.78, 5) is 49.1. The van der Waals surface area contributed by atoms with Crippen molar-refractivity contribution in [2.45, 2.75) is 62.7 Å². The van der Waals surface area contributed by atoms with Gasteiger partial charge in [0.1, 0.15) is 17.4 Å². The molecule has 3 saturated heterocycles. The van der Waals surface area contributed by atoms with Gasteiger partial charge in [-0.3, -0.25) is 14.4 Å². The Morgan fingerprint density at radius 3 is 2.22 bits per heavy atom. The number of carbonyl (C=O) groups is 3. The summed E-state index contributed by atoms with van der Waals surface area (Å²) in [5.41, 5.74) is -0.638. The predicted molar refractivity (Wildman–Crippen MR) is 174 cm³/mol. The van der Waals surface area contributed by atoms with Gasteiger partial charge in [-0.15, -0.1) is 13.2 Å². The Morgan fingerprint density at radius 2 is 1.62 bits per heavy atom. The summed E-state index contributed by atoms with van der Waals surface area (Å²) in [5.74, 6) is -1.56. The van der Waals surface area contributed by atoms with Gasteiger partial charge in [-0.1, -0.05) is 37.3 Å². The minimum Gasteiger partial charge on any atom is -0.497 e. The maximum absolute atomic E-state index is 14.8. The van der Waals surface area contributed by atoms with E-state index in [2.05, 4.69) is 13.2 Å². The minimum absolute atomic E-state index is 0.0603. The van der Waals surface area contributed by atoms with E-state index in [4.69, 9.17) is 9.47 Å². The van der Waals surface area contributed by atoms with Gasteiger partial charge >= 0.3 is 0 Å². The largest absolute Gasteiger partial charge is 0.497 e. The molecule has 1 spiro atoms. The van der Waals surface area contributed by atoms with Crippen LogP contribution in [0.1, 0.15) is 45.4 Å². The lowest BCUT2D eigenvalue weighted by Gasteiger charge is -2.37. The summed E-state index contributed by atoms with van der Waals surface area (Å²) in [6.45, 7) is 10.7. The number of aliphatic hydroxyl groups excluding tert-OH is 1. The van der Waals surface area contributed by atoms with Crippen molar-refractivity contribution in [2.75, 3.05) is 43.2 Å². The van der Waals surface area contributed by atoms with Crippen LogP contribution in [-0.4, -0.2) is 78.3 Å². The number of carbonyl (C=O) groups excluding carboxylic acids is 3. The van der Waals surface area contributed by atoms with Gasteiger partial charge < -0.3 is 29.3 Å². The molecule has 3 amide bonds. The summed E-state index contributed by atoms with van der Waals surface area (Å²) in [7, 11) is 1.59. The third-order valence-electron chi connectivity index (χ3n) is 9.85. The number of nitrogens with zero attached hydrogens (tertiary/aromatic N) is 3. The normalized spacial score (nSPS) is 26.4. The van der Waals surface area contributed by atoms with Crippen LogP contribution in [0.4, 0.5) is 11.4 Å². The zero-order chi connectivity index (χ0) is 32.2. The molecular weight excluding hydrogens is 570 g/mol. The number of anilines is 2. The van der Waals surface area contributed by atoms with E-state index >= 15 is 0 Å². The number of rotatable bonds is 15. The predicted octanol–water partition coefficient (Wildman–Crippen LogP) is 4.75. The van der Waals surface area contributed by atoms with Gasteiger partial charge in [-0.25, -0.2) is 0 Å². The van der Waals surface area contributed by atoms with E-state index in [1.165, 1.54) is 0 Å². The Hall–Kier alpha value is -3.95. The van der Waals surface area contributed by atoms with E-state index in [1.54, 1.807) is 46.1 Å². The van der Waals surface area contributed by atoms with Gasteiger partial charge in [-0.2, -0.15) is 0 Å². The van der Waals surface area contributed by atoms with Crippen molar-refractivity contribution in [2.24, 2.45) is 11.8 Å². The fourth-order valence-electron chi connectivity index (χ4n) is 7.77. The molecular formula is C36H45N3O6. The fourth-order valence-corrected chi connectivity index (χ4v) is 7.77. The topological polar surface area (TPSA) is 99.6 Å². The smallest absolute Gasteiger partial charge is 0.253 e. The zero-order valence-electron chi connectivity index (χ0n) is 26.4. The summed E-state index contributed by atoms with van der Waals surface area (Å²) >= 11 is 0. The standard InChI is InChI=1S/C36H45N3O6/c1-5-22-37(26-14-10-8-11-15-26)32(41)29-30-33(42)39(24-12-9-13-25-40)31(36(30)21-20-35(29,7-3)45-36)34(43)38(23-6-2)27-16-18-28(44-4)19-17-27/h5-6,8,10-11,14-19,29-31,40H,1-2,7,9,12-13,20-25H2,3-4H3/t29-,30-,31?,35+,36?/m0/s1. The highest BCUT2D eigenvalue weighted by Gasteiger charge is 2.79. The Morgan fingerprint density at radius 1 is 0.978 bits per heavy atom. The molecule has 1 N–H and O–H groups in total. The molecule has 3 aliphatic rings. The second-order valence-corrected chi connectivity index (χ2v) is 12.2. The quantitative estimate of drug-likeness (QED) is 0.229. The number of ether oxygens (including phenoxy) is 2. The second kappa shape index (κ2) is 13.6. The van der Waals surface area contributed by atoms with Gasteiger partial charge in [0.2, 0.25) is 11.8 Å². The van der Waals surface area contributed by atoms with Gasteiger partial charge in [-0.05, 0) is 74.9 Å². The number of likely N-dealkylation sites (tertiary alicyclic amines) is 1. The number of fused-ring (bicyclic) bond motifs is 1.